The number of aryl methyl sites for hydroxylation is 1. The number of nitrogens with zero attached hydrogens (tertiary/aromatic N) is 2. The van der Waals surface area contributed by atoms with E-state index < -0.39 is 22.8 Å². The van der Waals surface area contributed by atoms with E-state index in [9.17, 15) is 18.7 Å². The van der Waals surface area contributed by atoms with Crippen LogP contribution in [0.5, 0.6) is 0 Å². The van der Waals surface area contributed by atoms with E-state index in [0.717, 1.165) is 12.1 Å². The molecule has 0 radical (unpaired) electrons. The van der Waals surface area contributed by atoms with Crippen molar-refractivity contribution in [3.8, 4) is 36.0 Å². The summed E-state index contributed by atoms with van der Waals surface area (Å²) in [6.07, 6.45) is 8.00. The van der Waals surface area contributed by atoms with Crippen LogP contribution >= 0.6 is 0 Å². The first-order valence-electron chi connectivity index (χ1n) is 8.69. The van der Waals surface area contributed by atoms with Crippen molar-refractivity contribution in [3.05, 3.63) is 87.1 Å². The number of benzene rings is 1. The minimum Gasteiger partial charge on any atom is -0.379 e. The first-order chi connectivity index (χ1) is 14.3. The van der Waals surface area contributed by atoms with Crippen molar-refractivity contribution >= 4 is 0 Å². The van der Waals surface area contributed by atoms with Crippen LogP contribution in [0.15, 0.2) is 47.5 Å². The lowest BCUT2D eigenvalue weighted by Gasteiger charge is -2.27. The summed E-state index contributed by atoms with van der Waals surface area (Å²) in [5.41, 5.74) is -1.95. The Morgan fingerprint density at radius 2 is 2.00 bits per heavy atom. The Morgan fingerprint density at radius 3 is 2.70 bits per heavy atom. The van der Waals surface area contributed by atoms with Gasteiger partial charge < -0.3 is 9.67 Å². The summed E-state index contributed by atoms with van der Waals surface area (Å²) in [5, 5.41) is 17.7. The number of rotatable bonds is 3. The molecular formula is C23H15F2N3O2. The predicted octanol–water partition coefficient (Wildman–Crippen LogP) is 2.05. The molecule has 0 bridgehead atoms. The maximum Gasteiger partial charge on any atom is 0.256 e. The normalized spacial score (nSPS) is 12.0. The maximum absolute atomic E-state index is 13.8. The van der Waals surface area contributed by atoms with Gasteiger partial charge in [0.25, 0.3) is 5.56 Å². The number of nitrogens with one attached hydrogen (secondary N) is 1. The first-order valence-corrected chi connectivity index (χ1v) is 8.69. The molecule has 30 heavy (non-hydrogen) atoms. The summed E-state index contributed by atoms with van der Waals surface area (Å²) in [6, 6.07) is 5.55. The van der Waals surface area contributed by atoms with Crippen LogP contribution < -0.4 is 5.56 Å². The number of terminal acetylenes is 1. The zero-order valence-electron chi connectivity index (χ0n) is 15.8. The number of aromatic nitrogens is 3. The monoisotopic (exact) mass is 403 g/mol. The topological polar surface area (TPSA) is 70.9 Å². The first kappa shape index (κ1) is 20.6. The smallest absolute Gasteiger partial charge is 0.256 e. The molecule has 7 heteroatoms. The fourth-order valence-electron chi connectivity index (χ4n) is 2.87. The summed E-state index contributed by atoms with van der Waals surface area (Å²) in [6.45, 7) is 0. The van der Waals surface area contributed by atoms with Gasteiger partial charge in [-0.25, -0.2) is 8.78 Å². The van der Waals surface area contributed by atoms with Crippen molar-refractivity contribution in [3.63, 3.8) is 0 Å². The Bertz CT molecular complexity index is 1310. The zero-order valence-corrected chi connectivity index (χ0v) is 15.8. The van der Waals surface area contributed by atoms with Crippen molar-refractivity contribution < 1.29 is 13.9 Å². The zero-order chi connectivity index (χ0) is 21.7. The van der Waals surface area contributed by atoms with E-state index in [4.69, 9.17) is 6.42 Å². The van der Waals surface area contributed by atoms with Gasteiger partial charge in [-0.3, -0.25) is 9.89 Å². The Kier molecular flexibility index (Phi) is 5.83. The van der Waals surface area contributed by atoms with E-state index >= 15 is 0 Å². The summed E-state index contributed by atoms with van der Waals surface area (Å²) >= 11 is 0. The van der Waals surface area contributed by atoms with Gasteiger partial charge in [-0.05, 0) is 53.5 Å². The third-order valence-corrected chi connectivity index (χ3v) is 4.38. The van der Waals surface area contributed by atoms with Crippen LogP contribution in [0.3, 0.4) is 0 Å². The van der Waals surface area contributed by atoms with Gasteiger partial charge in [0.05, 0.1) is 11.1 Å². The van der Waals surface area contributed by atoms with Crippen molar-refractivity contribution in [2.45, 2.75) is 12.0 Å². The fourth-order valence-corrected chi connectivity index (χ4v) is 2.87. The molecule has 3 aromatic rings. The molecule has 0 aliphatic carbocycles. The number of aliphatic hydroxyl groups is 1. The van der Waals surface area contributed by atoms with Crippen molar-refractivity contribution in [2.24, 2.45) is 7.05 Å². The summed E-state index contributed by atoms with van der Waals surface area (Å²) in [7, 11) is 1.50. The molecular weight excluding hydrogens is 388 g/mol. The molecule has 0 aliphatic heterocycles. The van der Waals surface area contributed by atoms with Crippen LogP contribution in [0.1, 0.15) is 28.8 Å². The number of pyridine rings is 1. The molecule has 148 valence electrons. The number of aromatic amines is 1. The van der Waals surface area contributed by atoms with Gasteiger partial charge in [0.15, 0.2) is 0 Å². The highest BCUT2D eigenvalue weighted by molar-refractivity contribution is 5.47. The molecule has 1 atom stereocenters. The highest BCUT2D eigenvalue weighted by Gasteiger charge is 2.34. The molecule has 0 aliphatic rings. The molecule has 1 unspecified atom stereocenters. The van der Waals surface area contributed by atoms with E-state index in [1.54, 1.807) is 6.07 Å². The van der Waals surface area contributed by atoms with Crippen molar-refractivity contribution in [1.29, 1.82) is 0 Å². The molecule has 0 amide bonds. The predicted molar refractivity (Wildman–Crippen MR) is 107 cm³/mol. The van der Waals surface area contributed by atoms with Crippen LogP contribution in [0.2, 0.25) is 0 Å². The van der Waals surface area contributed by atoms with Gasteiger partial charge in [0.1, 0.15) is 22.9 Å². The van der Waals surface area contributed by atoms with E-state index in [2.05, 4.69) is 39.8 Å². The molecule has 5 nitrogen and oxygen atoms in total. The maximum atomic E-state index is 13.8. The highest BCUT2D eigenvalue weighted by atomic mass is 19.1. The van der Waals surface area contributed by atoms with Gasteiger partial charge >= 0.3 is 0 Å². The van der Waals surface area contributed by atoms with Crippen LogP contribution in [-0.4, -0.2) is 19.9 Å². The van der Waals surface area contributed by atoms with Gasteiger partial charge in [-0.1, -0.05) is 5.92 Å². The second-order valence-electron chi connectivity index (χ2n) is 6.38. The Hall–Kier alpha value is -4.12. The fraction of sp³-hybridized carbons (Fsp3) is 0.130. The van der Waals surface area contributed by atoms with Crippen molar-refractivity contribution in [1.82, 2.24) is 14.8 Å². The highest BCUT2D eigenvalue weighted by Crippen LogP contribution is 2.31. The van der Waals surface area contributed by atoms with Crippen molar-refractivity contribution in [2.75, 3.05) is 0 Å². The van der Waals surface area contributed by atoms with E-state index in [1.807, 2.05) is 0 Å². The number of halogens is 2. The molecule has 2 N–H and O–H groups in total. The number of H-pyrrole nitrogens is 1. The molecule has 0 fully saturated rings. The lowest BCUT2D eigenvalue weighted by Crippen LogP contribution is -2.36. The second-order valence-corrected chi connectivity index (χ2v) is 6.38. The SMILES string of the molecule is C#Cc1n[nH]cc1C#CC#CCC(O)(c1cc(F)cc(F)c1)c1cccn(C)c1=O. The standard InChI is InChI=1S/C23H15F2N3O2/c1-3-21-16(15-26-27-21)8-5-4-6-10-23(30,17-12-18(24)14-19(25)13-17)20-9-7-11-28(2)22(20)29/h1,7,9,11-15,30H,10H2,2H3,(H,26,27). The molecule has 0 spiro atoms. The quantitative estimate of drug-likeness (QED) is 0.658. The molecule has 0 saturated carbocycles. The number of hydrogen-bond acceptors (Lipinski definition) is 3. The lowest BCUT2D eigenvalue weighted by atomic mass is 9.84. The van der Waals surface area contributed by atoms with E-state index in [-0.39, 0.29) is 17.5 Å². The summed E-state index contributed by atoms with van der Waals surface area (Å²) < 4.78 is 28.9. The second kappa shape index (κ2) is 8.49. The Labute approximate surface area is 171 Å². The Balaban J connectivity index is 2.03. The van der Waals surface area contributed by atoms with Crippen LogP contribution in [-0.2, 0) is 12.6 Å². The van der Waals surface area contributed by atoms with Gasteiger partial charge in [-0.15, -0.1) is 6.42 Å². The average molecular weight is 403 g/mol. The summed E-state index contributed by atoms with van der Waals surface area (Å²) in [4.78, 5) is 12.6. The number of hydrogen-bond donors (Lipinski definition) is 2. The molecule has 1 aromatic carbocycles. The van der Waals surface area contributed by atoms with Crippen LogP contribution in [0.25, 0.3) is 0 Å². The van der Waals surface area contributed by atoms with Crippen LogP contribution in [0.4, 0.5) is 8.78 Å². The molecule has 0 saturated heterocycles. The molecule has 2 aromatic heterocycles. The average Bonchev–Trinajstić information content (AvgIpc) is 3.16. The summed E-state index contributed by atoms with van der Waals surface area (Å²) in [5.74, 6) is 11.1. The van der Waals surface area contributed by atoms with Crippen LogP contribution in [0, 0.1) is 47.7 Å². The minimum atomic E-state index is -2.05. The van der Waals surface area contributed by atoms with Gasteiger partial charge in [0.2, 0.25) is 0 Å². The van der Waals surface area contributed by atoms with E-state index in [1.165, 1.54) is 30.1 Å². The Morgan fingerprint density at radius 1 is 1.27 bits per heavy atom. The third-order valence-electron chi connectivity index (χ3n) is 4.38. The van der Waals surface area contributed by atoms with Gasteiger partial charge in [-0.2, -0.15) is 5.10 Å². The molecule has 3 rings (SSSR count). The largest absolute Gasteiger partial charge is 0.379 e. The minimum absolute atomic E-state index is 0.0655. The lowest BCUT2D eigenvalue weighted by molar-refractivity contribution is 0.0838. The van der Waals surface area contributed by atoms with E-state index in [0.29, 0.717) is 17.3 Å². The third kappa shape index (κ3) is 4.15. The molecule has 2 heterocycles. The van der Waals surface area contributed by atoms with Gasteiger partial charge in [0, 0.05) is 31.9 Å².